The molecule has 0 atom stereocenters. The molecule has 88 valence electrons. The normalized spacial score (nSPS) is 11.1. The number of benzene rings is 1. The van der Waals surface area contributed by atoms with E-state index in [1.807, 2.05) is 34.4 Å². The Balaban J connectivity index is 0.000000221. The Morgan fingerprint density at radius 3 is 2.25 bits per heavy atom. The second kappa shape index (κ2) is 6.08. The lowest BCUT2D eigenvalue weighted by atomic mass is 10.4. The first-order valence-corrected chi connectivity index (χ1v) is 7.97. The average Bonchev–Trinajstić information content (AvgIpc) is 2.57. The summed E-state index contributed by atoms with van der Waals surface area (Å²) in [6.07, 6.45) is 2.13. The van der Waals surface area contributed by atoms with Gasteiger partial charge in [-0.05, 0) is 18.4 Å². The predicted octanol–water partition coefficient (Wildman–Crippen LogP) is -0.790. The summed E-state index contributed by atoms with van der Waals surface area (Å²) in [5.41, 5.74) is 0. The SMILES string of the molecule is CSc1sc2ccccc2[s+]1.[O-][Cl+3]([O-])([O-])[O-]. The van der Waals surface area contributed by atoms with Crippen LogP contribution in [0.3, 0.4) is 0 Å². The summed E-state index contributed by atoms with van der Waals surface area (Å²) in [5, 5.41) is 0. The van der Waals surface area contributed by atoms with Crippen LogP contribution in [0.2, 0.25) is 0 Å². The molecule has 0 saturated carbocycles. The van der Waals surface area contributed by atoms with Crippen molar-refractivity contribution in [2.24, 2.45) is 0 Å². The van der Waals surface area contributed by atoms with Crippen LogP contribution in [0.1, 0.15) is 0 Å². The molecular weight excluding hydrogens is 292 g/mol. The number of hydrogen-bond acceptors (Lipinski definition) is 6. The van der Waals surface area contributed by atoms with Gasteiger partial charge in [0.25, 0.3) is 0 Å². The zero-order chi connectivity index (χ0) is 12.2. The fourth-order valence-corrected chi connectivity index (χ4v) is 4.05. The van der Waals surface area contributed by atoms with Crippen molar-refractivity contribution in [1.82, 2.24) is 0 Å². The Labute approximate surface area is 107 Å². The number of hydrogen-bond donors (Lipinski definition) is 0. The molecule has 0 unspecified atom stereocenters. The molecule has 8 heteroatoms. The highest BCUT2D eigenvalue weighted by atomic mass is 35.7. The van der Waals surface area contributed by atoms with E-state index in [9.17, 15) is 0 Å². The molecule has 1 heterocycles. The fourth-order valence-electron chi connectivity index (χ4n) is 0.903. The molecule has 2 aromatic rings. The van der Waals surface area contributed by atoms with Crippen LogP contribution in [0.15, 0.2) is 27.8 Å². The Morgan fingerprint density at radius 1 is 1.19 bits per heavy atom. The maximum absolute atomic E-state index is 8.49. The van der Waals surface area contributed by atoms with Crippen LogP contribution < -0.4 is 18.6 Å². The van der Waals surface area contributed by atoms with Crippen molar-refractivity contribution >= 4 is 43.8 Å². The topological polar surface area (TPSA) is 92.2 Å². The summed E-state index contributed by atoms with van der Waals surface area (Å²) in [6, 6.07) is 8.54. The highest BCUT2D eigenvalue weighted by molar-refractivity contribution is 8.02. The Kier molecular flexibility index (Phi) is 5.35. The number of fused-ring (bicyclic) bond motifs is 1. The van der Waals surface area contributed by atoms with Gasteiger partial charge in [-0.1, -0.05) is 23.9 Å². The Hall–Kier alpha value is 0.01000. The van der Waals surface area contributed by atoms with Crippen LogP contribution >= 0.6 is 34.4 Å². The van der Waals surface area contributed by atoms with Crippen LogP contribution in [-0.4, -0.2) is 6.26 Å². The van der Waals surface area contributed by atoms with E-state index in [1.54, 1.807) is 0 Å². The van der Waals surface area contributed by atoms with Crippen LogP contribution in [0.5, 0.6) is 0 Å². The van der Waals surface area contributed by atoms with Gasteiger partial charge < -0.3 is 0 Å². The quantitative estimate of drug-likeness (QED) is 0.508. The van der Waals surface area contributed by atoms with E-state index in [1.165, 1.54) is 12.9 Å². The summed E-state index contributed by atoms with van der Waals surface area (Å²) in [6.45, 7) is 0. The van der Waals surface area contributed by atoms with Crippen molar-refractivity contribution in [2.75, 3.05) is 6.26 Å². The molecule has 0 spiro atoms. The smallest absolute Gasteiger partial charge is 0.222 e. The van der Waals surface area contributed by atoms with Gasteiger partial charge in [0.1, 0.15) is 22.7 Å². The lowest BCUT2D eigenvalue weighted by molar-refractivity contribution is -2.00. The van der Waals surface area contributed by atoms with Gasteiger partial charge in [0.05, 0.1) is 0 Å². The van der Waals surface area contributed by atoms with E-state index < -0.39 is 10.2 Å². The summed E-state index contributed by atoms with van der Waals surface area (Å²) in [5.74, 6) is 0. The minimum absolute atomic E-state index is 1.40. The van der Waals surface area contributed by atoms with Crippen molar-refractivity contribution in [3.63, 3.8) is 0 Å². The summed E-state index contributed by atoms with van der Waals surface area (Å²) in [7, 11) is -4.94. The van der Waals surface area contributed by atoms with E-state index in [4.69, 9.17) is 18.6 Å². The van der Waals surface area contributed by atoms with Crippen molar-refractivity contribution in [2.45, 2.75) is 3.52 Å². The van der Waals surface area contributed by atoms with Crippen molar-refractivity contribution in [3.05, 3.63) is 24.3 Å². The number of thioether (sulfide) groups is 1. The molecule has 0 aliphatic heterocycles. The first kappa shape index (κ1) is 14.1. The molecule has 0 aliphatic rings. The minimum Gasteiger partial charge on any atom is -0.222 e. The fraction of sp³-hybridized carbons (Fsp3) is 0.125. The zero-order valence-corrected chi connectivity index (χ0v) is 11.3. The highest BCUT2D eigenvalue weighted by Crippen LogP contribution is 2.36. The Bertz CT molecular complexity index is 415. The second-order valence-electron chi connectivity index (χ2n) is 2.48. The maximum atomic E-state index is 8.49. The number of rotatable bonds is 1. The van der Waals surface area contributed by atoms with Crippen LogP contribution in [-0.2, 0) is 0 Å². The molecule has 0 radical (unpaired) electrons. The number of halogens is 1. The third-order valence-corrected chi connectivity index (χ3v) is 5.35. The molecule has 16 heavy (non-hydrogen) atoms. The monoisotopic (exact) mass is 298 g/mol. The van der Waals surface area contributed by atoms with Gasteiger partial charge in [-0.3, -0.25) is 0 Å². The van der Waals surface area contributed by atoms with Gasteiger partial charge in [0.2, 0.25) is 0 Å². The lowest BCUT2D eigenvalue weighted by Gasteiger charge is -2.17. The standard InChI is InChI=1S/C8H7S3.ClHO4/c1-9-8-10-6-4-2-3-5-7(6)11-8;2-1(3,4)5/h2-5H,1H3;(H,2,3,4,5)/q+1;/p-1. The van der Waals surface area contributed by atoms with Gasteiger partial charge in [0, 0.05) is 0 Å². The molecule has 4 nitrogen and oxygen atoms in total. The predicted molar refractivity (Wildman–Crippen MR) is 55.9 cm³/mol. The van der Waals surface area contributed by atoms with E-state index in [0.29, 0.717) is 0 Å². The first-order valence-electron chi connectivity index (χ1n) is 3.87. The molecule has 1 aromatic heterocycles. The van der Waals surface area contributed by atoms with Crippen molar-refractivity contribution in [3.8, 4) is 0 Å². The van der Waals surface area contributed by atoms with Crippen LogP contribution in [0, 0.1) is 10.2 Å². The van der Waals surface area contributed by atoms with Gasteiger partial charge in [-0.2, -0.15) is 0 Å². The van der Waals surface area contributed by atoms with Crippen LogP contribution in [0.4, 0.5) is 0 Å². The molecule has 2 rings (SSSR count). The molecule has 0 aliphatic carbocycles. The lowest BCUT2D eigenvalue weighted by Crippen LogP contribution is -2.68. The summed E-state index contributed by atoms with van der Waals surface area (Å²) >= 11 is 5.59. The molecule has 1 aromatic carbocycles. The average molecular weight is 299 g/mol. The highest BCUT2D eigenvalue weighted by Gasteiger charge is 2.12. The molecule has 0 saturated heterocycles. The van der Waals surface area contributed by atoms with E-state index in [-0.39, 0.29) is 0 Å². The van der Waals surface area contributed by atoms with Gasteiger partial charge in [-0.15, -0.1) is 10.2 Å². The molecular formula is C8H7ClO4S3. The molecule has 0 N–H and O–H groups in total. The van der Waals surface area contributed by atoms with Gasteiger partial charge >= 0.3 is 3.52 Å². The van der Waals surface area contributed by atoms with Crippen molar-refractivity contribution < 1.29 is 28.9 Å². The summed E-state index contributed by atoms with van der Waals surface area (Å²) < 4.78 is 38.2. The minimum atomic E-state index is -4.94. The Morgan fingerprint density at radius 2 is 1.75 bits per heavy atom. The van der Waals surface area contributed by atoms with Crippen molar-refractivity contribution in [1.29, 1.82) is 0 Å². The maximum Gasteiger partial charge on any atom is 0.313 e. The summed E-state index contributed by atoms with van der Waals surface area (Å²) in [4.78, 5) is 0. The largest absolute Gasteiger partial charge is 0.313 e. The second-order valence-corrected chi connectivity index (χ2v) is 6.94. The van der Waals surface area contributed by atoms with Crippen LogP contribution in [0.25, 0.3) is 9.40 Å². The van der Waals surface area contributed by atoms with Gasteiger partial charge in [-0.25, -0.2) is 18.6 Å². The van der Waals surface area contributed by atoms with E-state index >= 15 is 0 Å². The van der Waals surface area contributed by atoms with E-state index in [0.717, 1.165) is 0 Å². The van der Waals surface area contributed by atoms with Gasteiger partial charge in [0.15, 0.2) is 9.40 Å². The molecule has 0 amide bonds. The molecule has 0 fully saturated rings. The third-order valence-electron chi connectivity index (χ3n) is 1.40. The van der Waals surface area contributed by atoms with E-state index in [2.05, 4.69) is 30.5 Å². The molecule has 0 bridgehead atoms. The first-order chi connectivity index (χ1) is 7.40. The zero-order valence-electron chi connectivity index (χ0n) is 8.05. The third kappa shape index (κ3) is 5.37.